The van der Waals surface area contributed by atoms with Gasteiger partial charge in [0, 0.05) is 10.8 Å². The van der Waals surface area contributed by atoms with Crippen molar-refractivity contribution in [2.75, 3.05) is 0 Å². The van der Waals surface area contributed by atoms with Crippen LogP contribution in [0.2, 0.25) is 0 Å². The Balaban J connectivity index is 1.61. The zero-order valence-corrected chi connectivity index (χ0v) is 11.9. The predicted octanol–water partition coefficient (Wildman–Crippen LogP) is 5.89. The summed E-state index contributed by atoms with van der Waals surface area (Å²) in [4.78, 5) is 0. The molecule has 22 heavy (non-hydrogen) atoms. The molecule has 4 aromatic rings. The van der Waals surface area contributed by atoms with E-state index in [4.69, 9.17) is 9.15 Å². The maximum Gasteiger partial charge on any atom is 0.127 e. The molecular weight excluding hydrogens is 272 g/mol. The molecule has 0 unspecified atom stereocenters. The van der Waals surface area contributed by atoms with E-state index < -0.39 is 0 Å². The van der Waals surface area contributed by atoms with Crippen LogP contribution in [-0.2, 0) is 0 Å². The smallest absolute Gasteiger partial charge is 0.127 e. The van der Waals surface area contributed by atoms with Crippen molar-refractivity contribution in [3.05, 3.63) is 85.3 Å². The molecule has 0 spiro atoms. The third-order valence-electron chi connectivity index (χ3n) is 3.64. The van der Waals surface area contributed by atoms with E-state index in [1.54, 1.807) is 12.5 Å². The van der Waals surface area contributed by atoms with Gasteiger partial charge in [-0.3, -0.25) is 0 Å². The highest BCUT2D eigenvalue weighted by Crippen LogP contribution is 2.28. The number of fused-ring (bicyclic) bond motifs is 1. The van der Waals surface area contributed by atoms with E-state index in [0.29, 0.717) is 0 Å². The van der Waals surface area contributed by atoms with Gasteiger partial charge in [-0.05, 0) is 41.5 Å². The predicted molar refractivity (Wildman–Crippen MR) is 88.2 cm³/mol. The molecular formula is C20H14O2. The van der Waals surface area contributed by atoms with E-state index in [1.807, 2.05) is 42.5 Å². The van der Waals surface area contributed by atoms with Crippen LogP contribution in [0.3, 0.4) is 0 Å². The Morgan fingerprint density at radius 1 is 0.591 bits per heavy atom. The summed E-state index contributed by atoms with van der Waals surface area (Å²) in [6, 6.07) is 24.2. The maximum absolute atomic E-state index is 5.81. The van der Waals surface area contributed by atoms with Gasteiger partial charge >= 0.3 is 0 Å². The van der Waals surface area contributed by atoms with Crippen molar-refractivity contribution in [3.8, 4) is 22.6 Å². The van der Waals surface area contributed by atoms with Crippen molar-refractivity contribution in [1.29, 1.82) is 0 Å². The van der Waals surface area contributed by atoms with Crippen LogP contribution in [0, 0.1) is 0 Å². The zero-order chi connectivity index (χ0) is 14.8. The number of furan rings is 1. The first-order valence-electron chi connectivity index (χ1n) is 7.18. The van der Waals surface area contributed by atoms with Gasteiger partial charge in [0.05, 0.1) is 12.5 Å². The van der Waals surface area contributed by atoms with Crippen LogP contribution in [0.1, 0.15) is 0 Å². The Morgan fingerprint density at radius 2 is 1.27 bits per heavy atom. The van der Waals surface area contributed by atoms with Crippen molar-refractivity contribution in [3.63, 3.8) is 0 Å². The molecule has 0 fully saturated rings. The zero-order valence-electron chi connectivity index (χ0n) is 11.9. The van der Waals surface area contributed by atoms with Gasteiger partial charge in [-0.1, -0.05) is 42.5 Å². The summed E-state index contributed by atoms with van der Waals surface area (Å²) >= 11 is 0. The Kier molecular flexibility index (Phi) is 3.13. The van der Waals surface area contributed by atoms with Gasteiger partial charge in [-0.25, -0.2) is 0 Å². The highest BCUT2D eigenvalue weighted by atomic mass is 16.5. The summed E-state index contributed by atoms with van der Waals surface area (Å²) in [5.41, 5.74) is 2.32. The van der Waals surface area contributed by atoms with Crippen LogP contribution in [-0.4, -0.2) is 0 Å². The second-order valence-corrected chi connectivity index (χ2v) is 5.15. The van der Waals surface area contributed by atoms with E-state index in [9.17, 15) is 0 Å². The summed E-state index contributed by atoms with van der Waals surface area (Å²) in [7, 11) is 0. The Bertz CT molecular complexity index is 890. The minimum Gasteiger partial charge on any atom is -0.471 e. The fraction of sp³-hybridized carbons (Fsp3) is 0. The van der Waals surface area contributed by atoms with Gasteiger partial charge in [0.2, 0.25) is 0 Å². The summed E-state index contributed by atoms with van der Waals surface area (Å²) in [5, 5.41) is 2.23. The lowest BCUT2D eigenvalue weighted by Gasteiger charge is -2.07. The second-order valence-electron chi connectivity index (χ2n) is 5.15. The number of rotatable bonds is 3. The van der Waals surface area contributed by atoms with Gasteiger partial charge in [-0.2, -0.15) is 0 Å². The van der Waals surface area contributed by atoms with Crippen molar-refractivity contribution in [1.82, 2.24) is 0 Å². The van der Waals surface area contributed by atoms with Crippen molar-refractivity contribution >= 4 is 10.8 Å². The molecule has 0 aliphatic carbocycles. The molecule has 0 bridgehead atoms. The van der Waals surface area contributed by atoms with Gasteiger partial charge in [0.1, 0.15) is 11.5 Å². The van der Waals surface area contributed by atoms with Crippen LogP contribution in [0.15, 0.2) is 89.7 Å². The largest absolute Gasteiger partial charge is 0.471 e. The van der Waals surface area contributed by atoms with Crippen molar-refractivity contribution in [2.24, 2.45) is 0 Å². The molecule has 0 aliphatic rings. The normalized spacial score (nSPS) is 10.7. The SMILES string of the molecule is c1ccc(Oc2ccc(-c3ccc4cocc4c3)cc2)cc1. The molecule has 0 N–H and O–H groups in total. The number of ether oxygens (including phenoxy) is 1. The maximum atomic E-state index is 5.81. The van der Waals surface area contributed by atoms with Crippen molar-refractivity contribution in [2.45, 2.75) is 0 Å². The molecule has 0 atom stereocenters. The molecule has 106 valence electrons. The summed E-state index contributed by atoms with van der Waals surface area (Å²) in [5.74, 6) is 1.68. The highest BCUT2D eigenvalue weighted by Gasteiger charge is 2.02. The minimum atomic E-state index is 0.833. The van der Waals surface area contributed by atoms with Crippen LogP contribution < -0.4 is 4.74 Å². The van der Waals surface area contributed by atoms with Crippen LogP contribution in [0.25, 0.3) is 21.9 Å². The standard InChI is InChI=1S/C20H14O2/c1-2-4-19(5-3-1)22-20-10-8-15(9-11-20)16-6-7-17-13-21-14-18(17)12-16/h1-14H. The lowest BCUT2D eigenvalue weighted by Crippen LogP contribution is -1.84. The lowest BCUT2D eigenvalue weighted by molar-refractivity contribution is 0.483. The molecule has 2 heteroatoms. The first kappa shape index (κ1) is 12.7. The van der Waals surface area contributed by atoms with E-state index in [1.165, 1.54) is 5.56 Å². The molecule has 0 amide bonds. The molecule has 0 saturated heterocycles. The number of para-hydroxylation sites is 1. The van der Waals surface area contributed by atoms with Crippen LogP contribution >= 0.6 is 0 Å². The molecule has 1 aromatic heterocycles. The molecule has 3 aromatic carbocycles. The Morgan fingerprint density at radius 3 is 2.09 bits per heavy atom. The van der Waals surface area contributed by atoms with Gasteiger partial charge in [0.15, 0.2) is 0 Å². The summed E-state index contributed by atoms with van der Waals surface area (Å²) in [6.45, 7) is 0. The molecule has 0 radical (unpaired) electrons. The fourth-order valence-electron chi connectivity index (χ4n) is 2.48. The fourth-order valence-corrected chi connectivity index (χ4v) is 2.48. The highest BCUT2D eigenvalue weighted by molar-refractivity contribution is 5.86. The van der Waals surface area contributed by atoms with Crippen LogP contribution in [0.5, 0.6) is 11.5 Å². The molecule has 4 rings (SSSR count). The number of hydrogen-bond acceptors (Lipinski definition) is 2. The minimum absolute atomic E-state index is 0.833. The van der Waals surface area contributed by atoms with Gasteiger partial charge in [-0.15, -0.1) is 0 Å². The average molecular weight is 286 g/mol. The Hall–Kier alpha value is -3.00. The van der Waals surface area contributed by atoms with E-state index in [2.05, 4.69) is 30.3 Å². The first-order chi connectivity index (χ1) is 10.9. The lowest BCUT2D eigenvalue weighted by atomic mass is 10.0. The number of hydrogen-bond donors (Lipinski definition) is 0. The molecule has 0 saturated carbocycles. The quantitative estimate of drug-likeness (QED) is 0.468. The first-order valence-corrected chi connectivity index (χ1v) is 7.18. The van der Waals surface area contributed by atoms with Gasteiger partial charge in [0.25, 0.3) is 0 Å². The average Bonchev–Trinajstić information content (AvgIpc) is 3.04. The van der Waals surface area contributed by atoms with Gasteiger partial charge < -0.3 is 9.15 Å². The summed E-state index contributed by atoms with van der Waals surface area (Å²) in [6.07, 6.45) is 3.53. The number of benzene rings is 3. The monoisotopic (exact) mass is 286 g/mol. The van der Waals surface area contributed by atoms with E-state index >= 15 is 0 Å². The Labute approximate surface area is 128 Å². The van der Waals surface area contributed by atoms with E-state index in [0.717, 1.165) is 27.8 Å². The second kappa shape index (κ2) is 5.41. The third-order valence-corrected chi connectivity index (χ3v) is 3.64. The molecule has 2 nitrogen and oxygen atoms in total. The topological polar surface area (TPSA) is 22.4 Å². The summed E-state index contributed by atoms with van der Waals surface area (Å²) < 4.78 is 11.0. The van der Waals surface area contributed by atoms with Crippen LogP contribution in [0.4, 0.5) is 0 Å². The third kappa shape index (κ3) is 2.47. The molecule has 0 aliphatic heterocycles. The molecule has 1 heterocycles. The van der Waals surface area contributed by atoms with Crippen molar-refractivity contribution < 1.29 is 9.15 Å². The van der Waals surface area contributed by atoms with E-state index in [-0.39, 0.29) is 0 Å².